The van der Waals surface area contributed by atoms with E-state index in [1.807, 2.05) is 30.3 Å². The van der Waals surface area contributed by atoms with Crippen LogP contribution in [0.25, 0.3) is 0 Å². The van der Waals surface area contributed by atoms with E-state index in [-0.39, 0.29) is 0 Å². The van der Waals surface area contributed by atoms with Crippen LogP contribution in [-0.4, -0.2) is 56.5 Å². The quantitative estimate of drug-likeness (QED) is 0.542. The summed E-state index contributed by atoms with van der Waals surface area (Å²) in [4.78, 5) is 4.58. The minimum absolute atomic E-state index is 0.725. The summed E-state index contributed by atoms with van der Waals surface area (Å²) in [5, 5.41) is 4.18. The van der Waals surface area contributed by atoms with E-state index in [2.05, 4.69) is 39.4 Å². The lowest BCUT2D eigenvalue weighted by molar-refractivity contribution is 0.0376. The molecule has 1 heterocycles. The Hall–Kier alpha value is -2.15. The van der Waals surface area contributed by atoms with E-state index < -0.39 is 0 Å². The SMILES string of the molecule is COc1ccc(N(Cc2ccccc2)C(=S)NCCCN2CCOCC2)cc1. The Bertz CT molecular complexity index is 718. The van der Waals surface area contributed by atoms with Gasteiger partial charge in [0, 0.05) is 25.3 Å². The summed E-state index contributed by atoms with van der Waals surface area (Å²) in [5.74, 6) is 0.841. The van der Waals surface area contributed by atoms with E-state index in [1.54, 1.807) is 7.11 Å². The molecule has 0 amide bonds. The van der Waals surface area contributed by atoms with Gasteiger partial charge in [0.2, 0.25) is 0 Å². The van der Waals surface area contributed by atoms with Crippen LogP contribution in [0, 0.1) is 0 Å². The molecule has 1 N–H and O–H groups in total. The molecule has 0 saturated carbocycles. The van der Waals surface area contributed by atoms with Crippen LogP contribution in [0.4, 0.5) is 5.69 Å². The predicted molar refractivity (Wildman–Crippen MR) is 118 cm³/mol. The summed E-state index contributed by atoms with van der Waals surface area (Å²) in [6.07, 6.45) is 1.06. The summed E-state index contributed by atoms with van der Waals surface area (Å²) in [6, 6.07) is 18.4. The van der Waals surface area contributed by atoms with Crippen LogP contribution >= 0.6 is 12.2 Å². The Morgan fingerprint density at radius 1 is 1.11 bits per heavy atom. The fourth-order valence-electron chi connectivity index (χ4n) is 3.23. The van der Waals surface area contributed by atoms with Gasteiger partial charge >= 0.3 is 0 Å². The van der Waals surface area contributed by atoms with Crippen LogP contribution in [0.1, 0.15) is 12.0 Å². The number of morpholine rings is 1. The third-order valence-corrected chi connectivity index (χ3v) is 5.21. The summed E-state index contributed by atoms with van der Waals surface area (Å²) >= 11 is 5.74. The highest BCUT2D eigenvalue weighted by atomic mass is 32.1. The zero-order valence-electron chi connectivity index (χ0n) is 16.5. The van der Waals surface area contributed by atoms with Gasteiger partial charge < -0.3 is 19.7 Å². The van der Waals surface area contributed by atoms with Gasteiger partial charge in [0.05, 0.1) is 26.9 Å². The van der Waals surface area contributed by atoms with Crippen LogP contribution in [0.5, 0.6) is 5.75 Å². The highest BCUT2D eigenvalue weighted by Crippen LogP contribution is 2.21. The zero-order valence-corrected chi connectivity index (χ0v) is 17.3. The molecule has 0 unspecified atom stereocenters. The van der Waals surface area contributed by atoms with Gasteiger partial charge in [-0.2, -0.15) is 0 Å². The van der Waals surface area contributed by atoms with Gasteiger partial charge in [0.1, 0.15) is 5.75 Å². The van der Waals surface area contributed by atoms with Crippen molar-refractivity contribution in [3.63, 3.8) is 0 Å². The molecule has 6 heteroatoms. The predicted octanol–water partition coefficient (Wildman–Crippen LogP) is 3.30. The molecular weight excluding hydrogens is 370 g/mol. The molecule has 0 aromatic heterocycles. The smallest absolute Gasteiger partial charge is 0.173 e. The number of thiocarbonyl (C=S) groups is 1. The van der Waals surface area contributed by atoms with Crippen LogP contribution in [-0.2, 0) is 11.3 Å². The Kier molecular flexibility index (Phi) is 8.08. The molecule has 0 spiro atoms. The Morgan fingerprint density at radius 2 is 1.82 bits per heavy atom. The van der Waals surface area contributed by atoms with Crippen molar-refractivity contribution in [2.24, 2.45) is 0 Å². The minimum atomic E-state index is 0.725. The average Bonchev–Trinajstić information content (AvgIpc) is 2.76. The molecule has 2 aromatic rings. The second-order valence-electron chi connectivity index (χ2n) is 6.81. The molecule has 0 radical (unpaired) electrons. The second-order valence-corrected chi connectivity index (χ2v) is 7.20. The van der Waals surface area contributed by atoms with Gasteiger partial charge in [-0.1, -0.05) is 30.3 Å². The highest BCUT2D eigenvalue weighted by molar-refractivity contribution is 7.80. The summed E-state index contributed by atoms with van der Waals surface area (Å²) in [6.45, 7) is 6.38. The standard InChI is InChI=1S/C22H29N3O2S/c1-26-21-10-8-20(9-11-21)25(18-19-6-3-2-4-7-19)22(28)23-12-5-13-24-14-16-27-17-15-24/h2-4,6-11H,5,12-18H2,1H3,(H,23,28). The monoisotopic (exact) mass is 399 g/mol. The lowest BCUT2D eigenvalue weighted by Crippen LogP contribution is -2.41. The van der Waals surface area contributed by atoms with Crippen molar-refractivity contribution in [3.05, 3.63) is 60.2 Å². The van der Waals surface area contributed by atoms with Crippen LogP contribution in [0.3, 0.4) is 0 Å². The van der Waals surface area contributed by atoms with Crippen molar-refractivity contribution in [2.75, 3.05) is 51.4 Å². The maximum absolute atomic E-state index is 5.74. The molecule has 3 rings (SSSR count). The number of hydrogen-bond donors (Lipinski definition) is 1. The van der Waals surface area contributed by atoms with E-state index in [9.17, 15) is 0 Å². The topological polar surface area (TPSA) is 37.0 Å². The minimum Gasteiger partial charge on any atom is -0.497 e. The first-order valence-electron chi connectivity index (χ1n) is 9.80. The molecule has 0 bridgehead atoms. The number of rotatable bonds is 8. The summed E-state index contributed by atoms with van der Waals surface area (Å²) in [5.41, 5.74) is 2.27. The first-order valence-corrected chi connectivity index (χ1v) is 10.2. The molecule has 0 aliphatic carbocycles. The van der Waals surface area contributed by atoms with E-state index in [1.165, 1.54) is 5.56 Å². The first kappa shape index (κ1) is 20.6. The van der Waals surface area contributed by atoms with Crippen molar-refractivity contribution in [1.82, 2.24) is 10.2 Å². The Balaban J connectivity index is 1.59. The Labute approximate surface area is 173 Å². The first-order chi connectivity index (χ1) is 13.8. The number of benzene rings is 2. The molecular formula is C22H29N3O2S. The number of anilines is 1. The second kappa shape index (κ2) is 11.0. The fraction of sp³-hybridized carbons (Fsp3) is 0.409. The molecule has 1 saturated heterocycles. The van der Waals surface area contributed by atoms with Gasteiger partial charge in [-0.25, -0.2) is 0 Å². The average molecular weight is 400 g/mol. The van der Waals surface area contributed by atoms with Crippen molar-refractivity contribution in [2.45, 2.75) is 13.0 Å². The number of nitrogens with one attached hydrogen (secondary N) is 1. The van der Waals surface area contributed by atoms with Gasteiger partial charge in [0.15, 0.2) is 5.11 Å². The van der Waals surface area contributed by atoms with E-state index in [0.717, 1.165) is 68.9 Å². The maximum Gasteiger partial charge on any atom is 0.173 e. The van der Waals surface area contributed by atoms with Crippen LogP contribution in [0.15, 0.2) is 54.6 Å². The molecule has 1 fully saturated rings. The van der Waals surface area contributed by atoms with Crippen molar-refractivity contribution < 1.29 is 9.47 Å². The molecule has 150 valence electrons. The van der Waals surface area contributed by atoms with E-state index in [0.29, 0.717) is 0 Å². The highest BCUT2D eigenvalue weighted by Gasteiger charge is 2.14. The Morgan fingerprint density at radius 3 is 2.50 bits per heavy atom. The van der Waals surface area contributed by atoms with E-state index >= 15 is 0 Å². The summed E-state index contributed by atoms with van der Waals surface area (Å²) < 4.78 is 10.7. The third kappa shape index (κ3) is 6.19. The zero-order chi connectivity index (χ0) is 19.6. The molecule has 2 aromatic carbocycles. The summed E-state index contributed by atoms with van der Waals surface area (Å²) in [7, 11) is 1.68. The number of hydrogen-bond acceptors (Lipinski definition) is 4. The lowest BCUT2D eigenvalue weighted by atomic mass is 10.2. The molecule has 1 aliphatic rings. The normalized spacial score (nSPS) is 14.5. The molecule has 1 aliphatic heterocycles. The van der Waals surface area contributed by atoms with Gasteiger partial charge in [-0.05, 0) is 55.0 Å². The van der Waals surface area contributed by atoms with Crippen molar-refractivity contribution >= 4 is 23.0 Å². The van der Waals surface area contributed by atoms with Crippen LogP contribution < -0.4 is 15.0 Å². The largest absolute Gasteiger partial charge is 0.497 e. The third-order valence-electron chi connectivity index (χ3n) is 4.84. The van der Waals surface area contributed by atoms with Crippen molar-refractivity contribution in [1.29, 1.82) is 0 Å². The van der Waals surface area contributed by atoms with Crippen molar-refractivity contribution in [3.8, 4) is 5.75 Å². The van der Waals surface area contributed by atoms with Gasteiger partial charge in [-0.3, -0.25) is 4.90 Å². The maximum atomic E-state index is 5.74. The van der Waals surface area contributed by atoms with Crippen LogP contribution in [0.2, 0.25) is 0 Å². The lowest BCUT2D eigenvalue weighted by Gasteiger charge is -2.28. The number of nitrogens with zero attached hydrogens (tertiary/aromatic N) is 2. The fourth-order valence-corrected chi connectivity index (χ4v) is 3.50. The van der Waals surface area contributed by atoms with E-state index in [4.69, 9.17) is 21.7 Å². The van der Waals surface area contributed by atoms with Gasteiger partial charge in [0.25, 0.3) is 0 Å². The molecule has 0 atom stereocenters. The molecule has 5 nitrogen and oxygen atoms in total. The number of ether oxygens (including phenoxy) is 2. The molecule has 28 heavy (non-hydrogen) atoms. The van der Waals surface area contributed by atoms with Gasteiger partial charge in [-0.15, -0.1) is 0 Å². The number of methoxy groups -OCH3 is 1.